The number of non-ortho nitro benzene ring substituents is 1. The number of nitro groups is 1. The first kappa shape index (κ1) is 27.3. The molecule has 0 fully saturated rings. The second-order valence-electron chi connectivity index (χ2n) is 7.94. The van der Waals surface area contributed by atoms with Gasteiger partial charge in [-0.3, -0.25) is 18.5 Å². The highest BCUT2D eigenvalue weighted by Crippen LogP contribution is 2.22. The first-order valence-electron chi connectivity index (χ1n) is 10.9. The summed E-state index contributed by atoms with van der Waals surface area (Å²) in [6.45, 7) is 3.11. The van der Waals surface area contributed by atoms with Gasteiger partial charge in [-0.05, 0) is 44.2 Å². The molecule has 0 spiro atoms. The first-order chi connectivity index (χ1) is 17.0. The van der Waals surface area contributed by atoms with Crippen LogP contribution in [0.4, 0.5) is 11.4 Å². The van der Waals surface area contributed by atoms with Gasteiger partial charge < -0.3 is 4.90 Å². The SMILES string of the molecule is Cc1ccc(S(=O)(=O)OCCN(CCOS(=O)(=O)c2ccc(C)cc2)c2cccc([N+](=O)[O-])c2)cc1. The molecule has 0 heterocycles. The van der Waals surface area contributed by atoms with Crippen LogP contribution in [0.5, 0.6) is 0 Å². The number of hydrogen-bond donors (Lipinski definition) is 0. The Kier molecular flexibility index (Phi) is 8.79. The Bertz CT molecular complexity index is 1320. The summed E-state index contributed by atoms with van der Waals surface area (Å²) >= 11 is 0. The maximum atomic E-state index is 12.5. The molecule has 3 aromatic carbocycles. The van der Waals surface area contributed by atoms with Crippen molar-refractivity contribution in [1.82, 2.24) is 0 Å². The highest BCUT2D eigenvalue weighted by atomic mass is 32.2. The van der Waals surface area contributed by atoms with E-state index >= 15 is 0 Å². The van der Waals surface area contributed by atoms with Crippen molar-refractivity contribution in [2.45, 2.75) is 23.6 Å². The van der Waals surface area contributed by atoms with Crippen molar-refractivity contribution in [1.29, 1.82) is 0 Å². The minimum absolute atomic E-state index is 0.000197. The molecule has 36 heavy (non-hydrogen) atoms. The number of rotatable bonds is 12. The summed E-state index contributed by atoms with van der Waals surface area (Å²) in [5.41, 5.74) is 2.01. The molecule has 0 aromatic heterocycles. The summed E-state index contributed by atoms with van der Waals surface area (Å²) in [6, 6.07) is 18.1. The molecule has 0 aliphatic heterocycles. The van der Waals surface area contributed by atoms with Gasteiger partial charge in [0.05, 0.1) is 27.9 Å². The molecular formula is C24H26N2O8S2. The number of hydrogen-bond acceptors (Lipinski definition) is 9. The minimum Gasteiger partial charge on any atom is -0.367 e. The Morgan fingerprint density at radius 2 is 1.19 bits per heavy atom. The zero-order valence-corrected chi connectivity index (χ0v) is 21.4. The highest BCUT2D eigenvalue weighted by molar-refractivity contribution is 7.87. The molecule has 0 aliphatic carbocycles. The molecule has 0 unspecified atom stereocenters. The van der Waals surface area contributed by atoms with E-state index in [1.165, 1.54) is 42.5 Å². The van der Waals surface area contributed by atoms with Gasteiger partial charge in [0.15, 0.2) is 0 Å². The van der Waals surface area contributed by atoms with E-state index in [1.807, 2.05) is 13.8 Å². The number of nitro benzene ring substituents is 1. The van der Waals surface area contributed by atoms with Crippen LogP contribution in [0, 0.1) is 24.0 Å². The quantitative estimate of drug-likeness (QED) is 0.193. The van der Waals surface area contributed by atoms with Crippen LogP contribution in [0.1, 0.15) is 11.1 Å². The van der Waals surface area contributed by atoms with Gasteiger partial charge in [0.25, 0.3) is 25.9 Å². The van der Waals surface area contributed by atoms with Crippen LogP contribution in [0.2, 0.25) is 0 Å². The van der Waals surface area contributed by atoms with E-state index in [-0.39, 0.29) is 41.8 Å². The molecular weight excluding hydrogens is 508 g/mol. The Labute approximate surface area is 210 Å². The van der Waals surface area contributed by atoms with Gasteiger partial charge in [-0.2, -0.15) is 16.8 Å². The van der Waals surface area contributed by atoms with Crippen molar-refractivity contribution in [3.05, 3.63) is 94.0 Å². The minimum atomic E-state index is -4.02. The van der Waals surface area contributed by atoms with Gasteiger partial charge in [0, 0.05) is 30.9 Å². The lowest BCUT2D eigenvalue weighted by molar-refractivity contribution is -0.384. The zero-order chi connectivity index (χ0) is 26.3. The van der Waals surface area contributed by atoms with Crippen LogP contribution in [0.15, 0.2) is 82.6 Å². The number of aryl methyl sites for hydroxylation is 2. The highest BCUT2D eigenvalue weighted by Gasteiger charge is 2.19. The molecule has 0 amide bonds. The van der Waals surface area contributed by atoms with Crippen molar-refractivity contribution in [2.75, 3.05) is 31.2 Å². The molecule has 0 aliphatic rings. The van der Waals surface area contributed by atoms with E-state index in [0.717, 1.165) is 11.1 Å². The summed E-state index contributed by atoms with van der Waals surface area (Å²) in [7, 11) is -8.04. The standard InChI is InChI=1S/C24H26N2O8S2/c1-19-6-10-23(11-7-19)35(29,30)33-16-14-25(21-4-3-5-22(18-21)26(27)28)15-17-34-36(31,32)24-12-8-20(2)9-13-24/h3-13,18H,14-17H2,1-2H3. The summed E-state index contributed by atoms with van der Waals surface area (Å²) < 4.78 is 60.3. The fourth-order valence-corrected chi connectivity index (χ4v) is 5.03. The van der Waals surface area contributed by atoms with E-state index in [1.54, 1.807) is 35.2 Å². The molecule has 0 radical (unpaired) electrons. The number of nitrogens with zero attached hydrogens (tertiary/aromatic N) is 2. The van der Waals surface area contributed by atoms with Crippen molar-refractivity contribution >= 4 is 31.6 Å². The largest absolute Gasteiger partial charge is 0.367 e. The molecule has 0 bridgehead atoms. The average molecular weight is 535 g/mol. The van der Waals surface area contributed by atoms with Crippen molar-refractivity contribution in [3.63, 3.8) is 0 Å². The van der Waals surface area contributed by atoms with E-state index in [2.05, 4.69) is 0 Å². The van der Waals surface area contributed by atoms with Gasteiger partial charge in [0.1, 0.15) is 0 Å². The summed E-state index contributed by atoms with van der Waals surface area (Å²) in [6.07, 6.45) is 0. The molecule has 0 N–H and O–H groups in total. The zero-order valence-electron chi connectivity index (χ0n) is 19.7. The summed E-state index contributed by atoms with van der Waals surface area (Å²) in [4.78, 5) is 12.2. The lowest BCUT2D eigenvalue weighted by atomic mass is 10.2. The Morgan fingerprint density at radius 1 is 0.750 bits per heavy atom. The Hall–Kier alpha value is -3.32. The maximum absolute atomic E-state index is 12.5. The third kappa shape index (κ3) is 7.34. The second-order valence-corrected chi connectivity index (χ2v) is 11.2. The van der Waals surface area contributed by atoms with Crippen LogP contribution in [-0.2, 0) is 28.6 Å². The molecule has 192 valence electrons. The van der Waals surface area contributed by atoms with Gasteiger partial charge in [-0.25, -0.2) is 0 Å². The second kappa shape index (κ2) is 11.6. The molecule has 12 heteroatoms. The Balaban J connectivity index is 1.71. The summed E-state index contributed by atoms with van der Waals surface area (Å²) in [5, 5.41) is 11.2. The smallest absolute Gasteiger partial charge is 0.297 e. The average Bonchev–Trinajstić information content (AvgIpc) is 2.83. The molecule has 3 rings (SSSR count). The van der Waals surface area contributed by atoms with E-state index in [9.17, 15) is 26.9 Å². The Morgan fingerprint density at radius 3 is 1.61 bits per heavy atom. The van der Waals surface area contributed by atoms with Gasteiger partial charge in [-0.1, -0.05) is 41.5 Å². The van der Waals surface area contributed by atoms with Gasteiger partial charge in [-0.15, -0.1) is 0 Å². The lowest BCUT2D eigenvalue weighted by Crippen LogP contribution is -2.32. The van der Waals surface area contributed by atoms with Crippen molar-refractivity contribution in [2.24, 2.45) is 0 Å². The fourth-order valence-electron chi connectivity index (χ4n) is 3.23. The number of anilines is 1. The van der Waals surface area contributed by atoms with Crippen LogP contribution < -0.4 is 4.90 Å². The fraction of sp³-hybridized carbons (Fsp3) is 0.250. The maximum Gasteiger partial charge on any atom is 0.297 e. The predicted molar refractivity (Wildman–Crippen MR) is 134 cm³/mol. The monoisotopic (exact) mass is 534 g/mol. The van der Waals surface area contributed by atoms with Crippen molar-refractivity contribution in [3.8, 4) is 0 Å². The van der Waals surface area contributed by atoms with Gasteiger partial charge in [0.2, 0.25) is 0 Å². The lowest BCUT2D eigenvalue weighted by Gasteiger charge is -2.24. The molecule has 0 atom stereocenters. The normalized spacial score (nSPS) is 11.8. The summed E-state index contributed by atoms with van der Waals surface area (Å²) in [5.74, 6) is 0. The first-order valence-corrected chi connectivity index (χ1v) is 13.7. The van der Waals surface area contributed by atoms with Crippen LogP contribution in [0.25, 0.3) is 0 Å². The van der Waals surface area contributed by atoms with E-state index in [4.69, 9.17) is 8.37 Å². The van der Waals surface area contributed by atoms with Crippen LogP contribution in [0.3, 0.4) is 0 Å². The van der Waals surface area contributed by atoms with E-state index in [0.29, 0.717) is 5.69 Å². The third-order valence-corrected chi connectivity index (χ3v) is 7.88. The third-order valence-electron chi connectivity index (χ3n) is 5.22. The van der Waals surface area contributed by atoms with Crippen molar-refractivity contribution < 1.29 is 30.1 Å². The topological polar surface area (TPSA) is 133 Å². The van der Waals surface area contributed by atoms with Gasteiger partial charge >= 0.3 is 0 Å². The predicted octanol–water partition coefficient (Wildman–Crippen LogP) is 3.83. The molecule has 0 saturated heterocycles. The van der Waals surface area contributed by atoms with Crippen LogP contribution >= 0.6 is 0 Å². The molecule has 10 nitrogen and oxygen atoms in total. The van der Waals surface area contributed by atoms with E-state index < -0.39 is 25.2 Å². The molecule has 0 saturated carbocycles. The number of benzene rings is 3. The molecule has 3 aromatic rings. The van der Waals surface area contributed by atoms with Crippen LogP contribution in [-0.4, -0.2) is 48.1 Å².